The number of carboxylic acid groups (broad SMARTS) is 1. The average molecular weight is 303 g/mol. The Kier molecular flexibility index (Phi) is 3.84. The molecule has 1 atom stereocenters. The molecule has 3 heterocycles. The first-order valence-electron chi connectivity index (χ1n) is 6.65. The van der Waals surface area contributed by atoms with Crippen LogP contribution in [0.3, 0.4) is 0 Å². The van der Waals surface area contributed by atoms with Crippen molar-refractivity contribution in [3.8, 4) is 11.3 Å². The van der Waals surface area contributed by atoms with E-state index in [1.807, 2.05) is 0 Å². The molecule has 1 aliphatic rings. The SMILES string of the molecule is O=C(O)C1COCCN1C(=O)c1cc(-c2cccnc2)on1. The van der Waals surface area contributed by atoms with Crippen molar-refractivity contribution in [2.45, 2.75) is 6.04 Å². The van der Waals surface area contributed by atoms with Crippen LogP contribution in [0.5, 0.6) is 0 Å². The summed E-state index contributed by atoms with van der Waals surface area (Å²) in [6.07, 6.45) is 3.21. The molecule has 0 aliphatic carbocycles. The number of hydrogen-bond donors (Lipinski definition) is 1. The fraction of sp³-hybridized carbons (Fsp3) is 0.286. The van der Waals surface area contributed by atoms with Gasteiger partial charge in [0.05, 0.1) is 13.2 Å². The monoisotopic (exact) mass is 303 g/mol. The van der Waals surface area contributed by atoms with Crippen LogP contribution in [0.4, 0.5) is 0 Å². The van der Waals surface area contributed by atoms with Gasteiger partial charge in [-0.15, -0.1) is 0 Å². The van der Waals surface area contributed by atoms with E-state index in [9.17, 15) is 9.59 Å². The van der Waals surface area contributed by atoms with E-state index in [1.54, 1.807) is 24.5 Å². The molecule has 1 amide bonds. The number of aromatic nitrogens is 2. The van der Waals surface area contributed by atoms with E-state index in [0.717, 1.165) is 0 Å². The minimum absolute atomic E-state index is 0.0333. The van der Waals surface area contributed by atoms with Crippen molar-refractivity contribution in [3.05, 3.63) is 36.3 Å². The molecule has 0 spiro atoms. The Morgan fingerprint density at radius 1 is 1.41 bits per heavy atom. The topological polar surface area (TPSA) is 106 Å². The normalized spacial score (nSPS) is 18.2. The maximum Gasteiger partial charge on any atom is 0.328 e. The number of carbonyl (C=O) groups is 2. The zero-order valence-corrected chi connectivity index (χ0v) is 11.5. The number of nitrogens with zero attached hydrogens (tertiary/aromatic N) is 3. The Morgan fingerprint density at radius 2 is 2.27 bits per heavy atom. The smallest absolute Gasteiger partial charge is 0.328 e. The third-order valence-corrected chi connectivity index (χ3v) is 3.35. The first-order valence-corrected chi connectivity index (χ1v) is 6.65. The van der Waals surface area contributed by atoms with Gasteiger partial charge in [-0.3, -0.25) is 9.78 Å². The lowest BCUT2D eigenvalue weighted by Crippen LogP contribution is -2.52. The zero-order chi connectivity index (χ0) is 15.5. The number of pyridine rings is 1. The predicted octanol–water partition coefficient (Wildman–Crippen LogP) is 0.662. The van der Waals surface area contributed by atoms with Gasteiger partial charge in [0.2, 0.25) is 0 Å². The summed E-state index contributed by atoms with van der Waals surface area (Å²) in [6, 6.07) is 3.98. The van der Waals surface area contributed by atoms with Gasteiger partial charge in [0, 0.05) is 30.6 Å². The standard InChI is InChI=1S/C14H13N3O5/c18-13(17-4-5-21-8-11(17)14(19)20)10-6-12(22-16-10)9-2-1-3-15-7-9/h1-3,6-7,11H,4-5,8H2,(H,19,20). The molecule has 1 fully saturated rings. The third kappa shape index (κ3) is 2.68. The van der Waals surface area contributed by atoms with E-state index in [-0.39, 0.29) is 18.8 Å². The van der Waals surface area contributed by atoms with Crippen molar-refractivity contribution in [2.75, 3.05) is 19.8 Å². The molecular formula is C14H13N3O5. The van der Waals surface area contributed by atoms with E-state index < -0.39 is 17.9 Å². The summed E-state index contributed by atoms with van der Waals surface area (Å²) in [6.45, 7) is 0.460. The van der Waals surface area contributed by atoms with Crippen molar-refractivity contribution in [1.29, 1.82) is 0 Å². The van der Waals surface area contributed by atoms with Crippen molar-refractivity contribution < 1.29 is 24.0 Å². The van der Waals surface area contributed by atoms with Crippen LogP contribution in [0.15, 0.2) is 35.1 Å². The van der Waals surface area contributed by atoms with E-state index in [4.69, 9.17) is 14.4 Å². The molecule has 1 N–H and O–H groups in total. The minimum atomic E-state index is -1.11. The first kappa shape index (κ1) is 14.2. The Morgan fingerprint density at radius 3 is 3.00 bits per heavy atom. The molecule has 3 rings (SSSR count). The lowest BCUT2D eigenvalue weighted by atomic mass is 10.2. The second kappa shape index (κ2) is 5.94. The van der Waals surface area contributed by atoms with Gasteiger partial charge in [-0.25, -0.2) is 4.79 Å². The fourth-order valence-electron chi connectivity index (χ4n) is 2.22. The van der Waals surface area contributed by atoms with E-state index in [2.05, 4.69) is 10.1 Å². The van der Waals surface area contributed by atoms with Gasteiger partial charge in [-0.2, -0.15) is 0 Å². The predicted molar refractivity (Wildman–Crippen MR) is 73.0 cm³/mol. The highest BCUT2D eigenvalue weighted by atomic mass is 16.5. The van der Waals surface area contributed by atoms with E-state index in [0.29, 0.717) is 17.9 Å². The molecule has 1 aliphatic heterocycles. The molecule has 8 heteroatoms. The van der Waals surface area contributed by atoms with Crippen LogP contribution in [-0.4, -0.2) is 57.8 Å². The molecule has 0 saturated carbocycles. The summed E-state index contributed by atoms with van der Waals surface area (Å²) in [5.41, 5.74) is 0.748. The first-order chi connectivity index (χ1) is 10.7. The van der Waals surface area contributed by atoms with Gasteiger partial charge in [0.1, 0.15) is 0 Å². The van der Waals surface area contributed by atoms with Crippen LogP contribution >= 0.6 is 0 Å². The van der Waals surface area contributed by atoms with Crippen LogP contribution in [0.25, 0.3) is 11.3 Å². The van der Waals surface area contributed by atoms with Gasteiger partial charge < -0.3 is 19.3 Å². The highest BCUT2D eigenvalue weighted by Crippen LogP contribution is 2.20. The molecule has 8 nitrogen and oxygen atoms in total. The molecular weight excluding hydrogens is 290 g/mol. The molecule has 0 aromatic carbocycles. The minimum Gasteiger partial charge on any atom is -0.480 e. The summed E-state index contributed by atoms with van der Waals surface area (Å²) < 4.78 is 10.2. The molecule has 2 aromatic heterocycles. The number of hydrogen-bond acceptors (Lipinski definition) is 6. The van der Waals surface area contributed by atoms with Crippen molar-refractivity contribution in [2.24, 2.45) is 0 Å². The van der Waals surface area contributed by atoms with Gasteiger partial charge in [0.25, 0.3) is 5.91 Å². The number of morpholine rings is 1. The Bertz CT molecular complexity index is 685. The Hall–Kier alpha value is -2.74. The average Bonchev–Trinajstić information content (AvgIpc) is 3.05. The molecule has 0 radical (unpaired) electrons. The van der Waals surface area contributed by atoms with Gasteiger partial charge in [-0.05, 0) is 12.1 Å². The van der Waals surface area contributed by atoms with Crippen molar-refractivity contribution >= 4 is 11.9 Å². The maximum atomic E-state index is 12.4. The number of carboxylic acids is 1. The van der Waals surface area contributed by atoms with Crippen molar-refractivity contribution in [1.82, 2.24) is 15.0 Å². The number of aliphatic carboxylic acids is 1. The lowest BCUT2D eigenvalue weighted by Gasteiger charge is -2.32. The van der Waals surface area contributed by atoms with Crippen LogP contribution in [0, 0.1) is 0 Å². The molecule has 1 unspecified atom stereocenters. The van der Waals surface area contributed by atoms with Crippen molar-refractivity contribution in [3.63, 3.8) is 0 Å². The zero-order valence-electron chi connectivity index (χ0n) is 11.5. The highest BCUT2D eigenvalue weighted by Gasteiger charge is 2.34. The quantitative estimate of drug-likeness (QED) is 0.887. The number of carbonyl (C=O) groups excluding carboxylic acids is 1. The molecule has 2 aromatic rings. The second-order valence-corrected chi connectivity index (χ2v) is 4.75. The summed E-state index contributed by atoms with van der Waals surface area (Å²) in [5, 5.41) is 12.9. The van der Waals surface area contributed by atoms with Crippen LogP contribution in [-0.2, 0) is 9.53 Å². The van der Waals surface area contributed by atoms with E-state index >= 15 is 0 Å². The third-order valence-electron chi connectivity index (χ3n) is 3.35. The maximum absolute atomic E-state index is 12.4. The molecule has 22 heavy (non-hydrogen) atoms. The lowest BCUT2D eigenvalue weighted by molar-refractivity contribution is -0.147. The second-order valence-electron chi connectivity index (χ2n) is 4.75. The molecule has 114 valence electrons. The fourth-order valence-corrected chi connectivity index (χ4v) is 2.22. The van der Waals surface area contributed by atoms with Gasteiger partial charge in [-0.1, -0.05) is 5.16 Å². The summed E-state index contributed by atoms with van der Waals surface area (Å²) in [4.78, 5) is 28.8. The van der Waals surface area contributed by atoms with Gasteiger partial charge in [0.15, 0.2) is 17.5 Å². The van der Waals surface area contributed by atoms with Crippen LogP contribution < -0.4 is 0 Å². The highest BCUT2D eigenvalue weighted by molar-refractivity contribution is 5.95. The van der Waals surface area contributed by atoms with Crippen LogP contribution in [0.1, 0.15) is 10.5 Å². The molecule has 0 bridgehead atoms. The number of ether oxygens (including phenoxy) is 1. The largest absolute Gasteiger partial charge is 0.480 e. The Balaban J connectivity index is 1.83. The number of rotatable bonds is 3. The Labute approximate surface area is 125 Å². The molecule has 1 saturated heterocycles. The summed E-state index contributed by atoms with van der Waals surface area (Å²) in [5.74, 6) is -1.20. The van der Waals surface area contributed by atoms with E-state index in [1.165, 1.54) is 11.0 Å². The summed E-state index contributed by atoms with van der Waals surface area (Å²) >= 11 is 0. The van der Waals surface area contributed by atoms with Crippen LogP contribution in [0.2, 0.25) is 0 Å². The summed E-state index contributed by atoms with van der Waals surface area (Å²) in [7, 11) is 0. The number of amides is 1. The van der Waals surface area contributed by atoms with Gasteiger partial charge >= 0.3 is 5.97 Å².